The van der Waals surface area contributed by atoms with Crippen LogP contribution in [0.15, 0.2) is 16.9 Å². The summed E-state index contributed by atoms with van der Waals surface area (Å²) >= 11 is 0. The van der Waals surface area contributed by atoms with E-state index in [4.69, 9.17) is 9.63 Å². The van der Waals surface area contributed by atoms with Crippen molar-refractivity contribution in [1.29, 1.82) is 0 Å². The largest absolute Gasteiger partial charge is 0.476 e. The van der Waals surface area contributed by atoms with E-state index in [1.807, 2.05) is 11.5 Å². The topological polar surface area (TPSA) is 81.1 Å². The molecule has 2 heterocycles. The Balaban J connectivity index is 2.38. The lowest BCUT2D eigenvalue weighted by Crippen LogP contribution is -2.07. The fourth-order valence-corrected chi connectivity index (χ4v) is 1.49. The van der Waals surface area contributed by atoms with Gasteiger partial charge in [0.15, 0.2) is 5.69 Å². The SMILES string of the molecule is Cc1onc(C(=O)O)c1Cn1ccnc1C. The number of carboxylic acid groups (broad SMARTS) is 1. The van der Waals surface area contributed by atoms with Crippen LogP contribution in [-0.2, 0) is 6.54 Å². The van der Waals surface area contributed by atoms with Crippen molar-refractivity contribution in [1.82, 2.24) is 14.7 Å². The standard InChI is InChI=1S/C10H11N3O3/c1-6-8(9(10(14)15)12-16-6)5-13-4-3-11-7(13)2/h3-4H,5H2,1-2H3,(H,14,15). The van der Waals surface area contributed by atoms with Crippen molar-refractivity contribution < 1.29 is 14.4 Å². The van der Waals surface area contributed by atoms with Gasteiger partial charge in [-0.1, -0.05) is 5.16 Å². The van der Waals surface area contributed by atoms with E-state index in [2.05, 4.69) is 10.1 Å². The lowest BCUT2D eigenvalue weighted by molar-refractivity contribution is 0.0684. The lowest BCUT2D eigenvalue weighted by atomic mass is 10.2. The minimum atomic E-state index is -1.08. The molecule has 0 aliphatic heterocycles. The number of aromatic carboxylic acids is 1. The molecule has 0 saturated carbocycles. The van der Waals surface area contributed by atoms with Gasteiger partial charge in [0.2, 0.25) is 0 Å². The average molecular weight is 221 g/mol. The molecule has 0 atom stereocenters. The normalized spacial score (nSPS) is 10.6. The Bertz CT molecular complexity index is 527. The molecule has 0 saturated heterocycles. The summed E-state index contributed by atoms with van der Waals surface area (Å²) in [5.41, 5.74) is 0.541. The molecule has 6 heteroatoms. The van der Waals surface area contributed by atoms with E-state index in [1.54, 1.807) is 19.3 Å². The number of carboxylic acids is 1. The Kier molecular flexibility index (Phi) is 2.47. The van der Waals surface area contributed by atoms with Crippen LogP contribution in [-0.4, -0.2) is 25.8 Å². The van der Waals surface area contributed by atoms with Crippen molar-refractivity contribution in [3.63, 3.8) is 0 Å². The smallest absolute Gasteiger partial charge is 0.358 e. The summed E-state index contributed by atoms with van der Waals surface area (Å²) < 4.78 is 6.72. The summed E-state index contributed by atoms with van der Waals surface area (Å²) in [5, 5.41) is 12.4. The van der Waals surface area contributed by atoms with Crippen LogP contribution in [0.3, 0.4) is 0 Å². The molecule has 0 fully saturated rings. The van der Waals surface area contributed by atoms with Gasteiger partial charge >= 0.3 is 5.97 Å². The first-order valence-electron chi connectivity index (χ1n) is 4.75. The number of nitrogens with zero attached hydrogens (tertiary/aromatic N) is 3. The van der Waals surface area contributed by atoms with E-state index in [1.165, 1.54) is 0 Å². The second-order valence-electron chi connectivity index (χ2n) is 3.47. The molecule has 0 spiro atoms. The molecule has 0 amide bonds. The van der Waals surface area contributed by atoms with Gasteiger partial charge in [0.05, 0.1) is 6.54 Å². The fraction of sp³-hybridized carbons (Fsp3) is 0.300. The molecular formula is C10H11N3O3. The number of hydrogen-bond acceptors (Lipinski definition) is 4. The quantitative estimate of drug-likeness (QED) is 0.843. The highest BCUT2D eigenvalue weighted by Crippen LogP contribution is 2.15. The molecular weight excluding hydrogens is 210 g/mol. The first-order chi connectivity index (χ1) is 7.59. The van der Waals surface area contributed by atoms with Crippen molar-refractivity contribution in [2.24, 2.45) is 0 Å². The van der Waals surface area contributed by atoms with E-state index in [0.717, 1.165) is 5.82 Å². The van der Waals surface area contributed by atoms with Gasteiger partial charge in [-0.3, -0.25) is 0 Å². The van der Waals surface area contributed by atoms with Crippen LogP contribution in [0, 0.1) is 13.8 Å². The summed E-state index contributed by atoms with van der Waals surface area (Å²) in [6.45, 7) is 3.95. The Labute approximate surface area is 91.5 Å². The van der Waals surface area contributed by atoms with Crippen molar-refractivity contribution in [3.05, 3.63) is 35.2 Å². The molecule has 84 valence electrons. The van der Waals surface area contributed by atoms with Gasteiger partial charge in [-0.05, 0) is 13.8 Å². The molecule has 16 heavy (non-hydrogen) atoms. The Morgan fingerprint density at radius 3 is 2.88 bits per heavy atom. The predicted octanol–water partition coefficient (Wildman–Crippen LogP) is 1.23. The van der Waals surface area contributed by atoms with E-state index in [0.29, 0.717) is 17.9 Å². The highest BCUT2D eigenvalue weighted by Gasteiger charge is 2.19. The molecule has 6 nitrogen and oxygen atoms in total. The predicted molar refractivity (Wildman–Crippen MR) is 54.3 cm³/mol. The second-order valence-corrected chi connectivity index (χ2v) is 3.47. The number of rotatable bonds is 3. The molecule has 1 N–H and O–H groups in total. The van der Waals surface area contributed by atoms with Gasteiger partial charge in [0, 0.05) is 18.0 Å². The summed E-state index contributed by atoms with van der Waals surface area (Å²) in [6.07, 6.45) is 3.45. The highest BCUT2D eigenvalue weighted by atomic mass is 16.5. The maximum absolute atomic E-state index is 10.9. The number of carbonyl (C=O) groups is 1. The molecule has 2 aromatic heterocycles. The monoisotopic (exact) mass is 221 g/mol. The zero-order chi connectivity index (χ0) is 11.7. The Hall–Kier alpha value is -2.11. The van der Waals surface area contributed by atoms with Crippen LogP contribution in [0.4, 0.5) is 0 Å². The molecule has 0 aromatic carbocycles. The Morgan fingerprint density at radius 2 is 2.31 bits per heavy atom. The summed E-state index contributed by atoms with van der Waals surface area (Å²) in [5.74, 6) is 0.257. The van der Waals surface area contributed by atoms with E-state index >= 15 is 0 Å². The zero-order valence-corrected chi connectivity index (χ0v) is 8.97. The number of hydrogen-bond donors (Lipinski definition) is 1. The van der Waals surface area contributed by atoms with E-state index in [-0.39, 0.29) is 5.69 Å². The average Bonchev–Trinajstić information content (AvgIpc) is 2.76. The third-order valence-electron chi connectivity index (χ3n) is 2.44. The van der Waals surface area contributed by atoms with Crippen LogP contribution < -0.4 is 0 Å². The molecule has 0 aliphatic carbocycles. The zero-order valence-electron chi connectivity index (χ0n) is 8.97. The second kappa shape index (κ2) is 3.80. The van der Waals surface area contributed by atoms with Crippen molar-refractivity contribution in [3.8, 4) is 0 Å². The minimum Gasteiger partial charge on any atom is -0.476 e. The summed E-state index contributed by atoms with van der Waals surface area (Å²) in [7, 11) is 0. The first kappa shape index (κ1) is 10.4. The maximum Gasteiger partial charge on any atom is 0.358 e. The molecule has 2 rings (SSSR count). The molecule has 0 aliphatic rings. The van der Waals surface area contributed by atoms with Crippen molar-refractivity contribution in [2.45, 2.75) is 20.4 Å². The molecule has 0 bridgehead atoms. The fourth-order valence-electron chi connectivity index (χ4n) is 1.49. The maximum atomic E-state index is 10.9. The molecule has 2 aromatic rings. The number of aryl methyl sites for hydroxylation is 2. The van der Waals surface area contributed by atoms with E-state index < -0.39 is 5.97 Å². The third-order valence-corrected chi connectivity index (χ3v) is 2.44. The Morgan fingerprint density at radius 1 is 1.56 bits per heavy atom. The van der Waals surface area contributed by atoms with Gasteiger partial charge in [-0.15, -0.1) is 0 Å². The van der Waals surface area contributed by atoms with Crippen LogP contribution in [0.1, 0.15) is 27.6 Å². The summed E-state index contributed by atoms with van der Waals surface area (Å²) in [4.78, 5) is 15.0. The van der Waals surface area contributed by atoms with Gasteiger partial charge in [0.25, 0.3) is 0 Å². The number of imidazole rings is 1. The summed E-state index contributed by atoms with van der Waals surface area (Å²) in [6, 6.07) is 0. The highest BCUT2D eigenvalue weighted by molar-refractivity contribution is 5.87. The van der Waals surface area contributed by atoms with Crippen LogP contribution in [0.2, 0.25) is 0 Å². The molecule has 0 unspecified atom stereocenters. The van der Waals surface area contributed by atoms with Crippen LogP contribution in [0.25, 0.3) is 0 Å². The van der Waals surface area contributed by atoms with Crippen molar-refractivity contribution >= 4 is 5.97 Å². The van der Waals surface area contributed by atoms with Gasteiger partial charge in [-0.25, -0.2) is 9.78 Å². The molecule has 0 radical (unpaired) electrons. The van der Waals surface area contributed by atoms with Gasteiger partial charge in [-0.2, -0.15) is 0 Å². The minimum absolute atomic E-state index is 0.0365. The van der Waals surface area contributed by atoms with Gasteiger partial charge in [0.1, 0.15) is 11.6 Å². The van der Waals surface area contributed by atoms with Crippen LogP contribution in [0.5, 0.6) is 0 Å². The third kappa shape index (κ3) is 1.69. The first-order valence-corrected chi connectivity index (χ1v) is 4.75. The van der Waals surface area contributed by atoms with Crippen molar-refractivity contribution in [2.75, 3.05) is 0 Å². The lowest BCUT2D eigenvalue weighted by Gasteiger charge is -2.03. The van der Waals surface area contributed by atoms with Gasteiger partial charge < -0.3 is 14.2 Å². The number of aromatic nitrogens is 3. The van der Waals surface area contributed by atoms with Crippen LogP contribution >= 0.6 is 0 Å². The van der Waals surface area contributed by atoms with E-state index in [9.17, 15) is 4.79 Å².